The van der Waals surface area contributed by atoms with Crippen molar-refractivity contribution >= 4 is 10.9 Å². The summed E-state index contributed by atoms with van der Waals surface area (Å²) >= 11 is 0. The third kappa shape index (κ3) is 2.61. The lowest BCUT2D eigenvalue weighted by atomic mass is 10.1. The lowest BCUT2D eigenvalue weighted by Crippen LogP contribution is -1.98. The molecular weight excluding hydrogens is 276 g/mol. The Labute approximate surface area is 128 Å². The molecule has 1 heterocycles. The van der Waals surface area contributed by atoms with Gasteiger partial charge in [-0.3, -0.25) is 0 Å². The van der Waals surface area contributed by atoms with Gasteiger partial charge in [0.2, 0.25) is 0 Å². The van der Waals surface area contributed by atoms with Crippen LogP contribution in [-0.2, 0) is 13.0 Å². The maximum Gasteiger partial charge on any atom is 0.185 e. The summed E-state index contributed by atoms with van der Waals surface area (Å²) in [5, 5.41) is 9.89. The Balaban J connectivity index is 1.97. The van der Waals surface area contributed by atoms with E-state index in [0.29, 0.717) is 24.5 Å². The zero-order valence-corrected chi connectivity index (χ0v) is 12.3. The summed E-state index contributed by atoms with van der Waals surface area (Å²) in [5.74, 6) is 1.35. The number of nitrogens with one attached hydrogen (secondary N) is 1. The van der Waals surface area contributed by atoms with Crippen molar-refractivity contribution in [2.75, 3.05) is 7.11 Å². The number of rotatable bonds is 5. The molecule has 110 valence electrons. The van der Waals surface area contributed by atoms with Gasteiger partial charge in [-0.1, -0.05) is 30.3 Å². The fraction of sp³-hybridized carbons (Fsp3) is 0.167. The van der Waals surface area contributed by atoms with Crippen LogP contribution in [0.25, 0.3) is 10.9 Å². The average Bonchev–Trinajstić information content (AvgIpc) is 2.97. The number of methoxy groups -OCH3 is 1. The van der Waals surface area contributed by atoms with Gasteiger partial charge in [0.1, 0.15) is 6.61 Å². The number of benzene rings is 2. The molecule has 3 rings (SSSR count). The molecule has 0 unspecified atom stereocenters. The largest absolute Gasteiger partial charge is 0.493 e. The second-order valence-electron chi connectivity index (χ2n) is 4.94. The minimum Gasteiger partial charge on any atom is -0.493 e. The fourth-order valence-electron chi connectivity index (χ4n) is 2.48. The molecule has 1 aromatic heterocycles. The molecule has 0 aliphatic carbocycles. The van der Waals surface area contributed by atoms with E-state index in [1.54, 1.807) is 7.11 Å². The summed E-state index contributed by atoms with van der Waals surface area (Å²) in [4.78, 5) is 3.20. The number of fused-ring (bicyclic) bond motifs is 1. The van der Waals surface area contributed by atoms with E-state index < -0.39 is 0 Å². The Bertz CT molecular complexity index is 816. The molecule has 0 radical (unpaired) electrons. The van der Waals surface area contributed by atoms with E-state index in [1.807, 2.05) is 48.7 Å². The predicted octanol–water partition coefficient (Wildman–Crippen LogP) is 3.82. The van der Waals surface area contributed by atoms with Gasteiger partial charge in [0.15, 0.2) is 11.5 Å². The van der Waals surface area contributed by atoms with Crippen molar-refractivity contribution < 1.29 is 9.47 Å². The van der Waals surface area contributed by atoms with Crippen molar-refractivity contribution in [3.63, 3.8) is 0 Å². The lowest BCUT2D eigenvalue weighted by molar-refractivity contribution is 0.288. The summed E-state index contributed by atoms with van der Waals surface area (Å²) < 4.78 is 11.4. The van der Waals surface area contributed by atoms with Crippen molar-refractivity contribution in [1.82, 2.24) is 4.98 Å². The van der Waals surface area contributed by atoms with E-state index in [9.17, 15) is 0 Å². The number of nitrogens with zero attached hydrogens (tertiary/aromatic N) is 1. The van der Waals surface area contributed by atoms with Crippen LogP contribution in [0.1, 0.15) is 11.1 Å². The van der Waals surface area contributed by atoms with Crippen LogP contribution in [0, 0.1) is 11.3 Å². The highest BCUT2D eigenvalue weighted by Crippen LogP contribution is 2.36. The van der Waals surface area contributed by atoms with Crippen LogP contribution in [-0.4, -0.2) is 12.1 Å². The maximum atomic E-state index is 8.90. The number of hydrogen-bond donors (Lipinski definition) is 1. The highest BCUT2D eigenvalue weighted by molar-refractivity contribution is 5.90. The smallest absolute Gasteiger partial charge is 0.185 e. The van der Waals surface area contributed by atoms with Crippen molar-refractivity contribution in [2.45, 2.75) is 13.0 Å². The first-order valence-electron chi connectivity index (χ1n) is 7.04. The molecule has 4 nitrogen and oxygen atoms in total. The van der Waals surface area contributed by atoms with Crippen LogP contribution in [0.5, 0.6) is 11.5 Å². The van der Waals surface area contributed by atoms with Crippen LogP contribution >= 0.6 is 0 Å². The number of H-pyrrole nitrogens is 1. The Kier molecular flexibility index (Phi) is 3.97. The Morgan fingerprint density at radius 2 is 1.95 bits per heavy atom. The molecular formula is C18H16N2O2. The second-order valence-corrected chi connectivity index (χ2v) is 4.94. The van der Waals surface area contributed by atoms with Crippen LogP contribution in [0.4, 0.5) is 0 Å². The third-order valence-electron chi connectivity index (χ3n) is 3.57. The van der Waals surface area contributed by atoms with Gasteiger partial charge in [0.05, 0.1) is 25.1 Å². The first-order valence-corrected chi connectivity index (χ1v) is 7.04. The highest BCUT2D eigenvalue weighted by Gasteiger charge is 2.14. The number of aromatic amines is 1. The van der Waals surface area contributed by atoms with Crippen LogP contribution in [0.2, 0.25) is 0 Å². The monoisotopic (exact) mass is 292 g/mol. The maximum absolute atomic E-state index is 8.90. The van der Waals surface area contributed by atoms with Crippen LogP contribution in [0.3, 0.4) is 0 Å². The molecule has 0 saturated heterocycles. The van der Waals surface area contributed by atoms with Gasteiger partial charge >= 0.3 is 0 Å². The van der Waals surface area contributed by atoms with Crippen LogP contribution < -0.4 is 9.47 Å². The topological polar surface area (TPSA) is 58.0 Å². The zero-order chi connectivity index (χ0) is 15.4. The number of aromatic nitrogens is 1. The lowest BCUT2D eigenvalue weighted by Gasteiger charge is -2.12. The molecule has 0 amide bonds. The molecule has 0 spiro atoms. The van der Waals surface area contributed by atoms with Gasteiger partial charge in [0.25, 0.3) is 0 Å². The van der Waals surface area contributed by atoms with Gasteiger partial charge in [-0.25, -0.2) is 0 Å². The van der Waals surface area contributed by atoms with Gasteiger partial charge < -0.3 is 14.5 Å². The van der Waals surface area contributed by atoms with Crippen molar-refractivity contribution in [3.05, 3.63) is 59.8 Å². The average molecular weight is 292 g/mol. The molecule has 0 saturated carbocycles. The number of nitriles is 1. The van der Waals surface area contributed by atoms with E-state index in [4.69, 9.17) is 14.7 Å². The molecule has 3 aromatic rings. The molecule has 1 N–H and O–H groups in total. The minimum absolute atomic E-state index is 0.366. The van der Waals surface area contributed by atoms with Crippen molar-refractivity contribution in [2.24, 2.45) is 0 Å². The molecule has 2 aromatic carbocycles. The quantitative estimate of drug-likeness (QED) is 0.777. The molecule has 0 atom stereocenters. The van der Waals surface area contributed by atoms with Crippen molar-refractivity contribution in [3.8, 4) is 17.6 Å². The third-order valence-corrected chi connectivity index (χ3v) is 3.57. The standard InChI is InChI=1S/C18H16N2O2/c1-21-16-8-7-15-14(9-10-19)11-20-17(15)18(16)22-12-13-5-3-2-4-6-13/h2-8,11,20H,9,12H2,1H3. The Morgan fingerprint density at radius 1 is 1.14 bits per heavy atom. The highest BCUT2D eigenvalue weighted by atomic mass is 16.5. The Hall–Kier alpha value is -2.93. The van der Waals surface area contributed by atoms with E-state index in [-0.39, 0.29) is 0 Å². The second kappa shape index (κ2) is 6.23. The minimum atomic E-state index is 0.366. The van der Waals surface area contributed by atoms with Gasteiger partial charge in [-0.05, 0) is 23.3 Å². The summed E-state index contributed by atoms with van der Waals surface area (Å²) in [6.07, 6.45) is 2.22. The SMILES string of the molecule is COc1ccc2c(CC#N)c[nH]c2c1OCc1ccccc1. The number of hydrogen-bond acceptors (Lipinski definition) is 3. The summed E-state index contributed by atoms with van der Waals surface area (Å²) in [6, 6.07) is 16.0. The molecule has 0 aliphatic heterocycles. The normalized spacial score (nSPS) is 10.4. The van der Waals surface area contributed by atoms with E-state index in [0.717, 1.165) is 22.0 Å². The summed E-state index contributed by atoms with van der Waals surface area (Å²) in [7, 11) is 1.62. The molecule has 0 bridgehead atoms. The summed E-state index contributed by atoms with van der Waals surface area (Å²) in [6.45, 7) is 0.461. The van der Waals surface area contributed by atoms with E-state index in [2.05, 4.69) is 11.1 Å². The first kappa shape index (κ1) is 14.0. The number of ether oxygens (including phenoxy) is 2. The molecule has 0 fully saturated rings. The van der Waals surface area contributed by atoms with Gasteiger partial charge in [-0.15, -0.1) is 0 Å². The molecule has 4 heteroatoms. The molecule has 0 aliphatic rings. The fourth-order valence-corrected chi connectivity index (χ4v) is 2.48. The Morgan fingerprint density at radius 3 is 2.68 bits per heavy atom. The predicted molar refractivity (Wildman–Crippen MR) is 84.9 cm³/mol. The van der Waals surface area contributed by atoms with Gasteiger partial charge in [0, 0.05) is 11.6 Å². The zero-order valence-electron chi connectivity index (χ0n) is 12.3. The van der Waals surface area contributed by atoms with E-state index >= 15 is 0 Å². The molecule has 22 heavy (non-hydrogen) atoms. The summed E-state index contributed by atoms with van der Waals surface area (Å²) in [5.41, 5.74) is 2.91. The van der Waals surface area contributed by atoms with Crippen molar-refractivity contribution in [1.29, 1.82) is 5.26 Å². The first-order chi connectivity index (χ1) is 10.8. The van der Waals surface area contributed by atoms with Gasteiger partial charge in [-0.2, -0.15) is 5.26 Å². The van der Waals surface area contributed by atoms with E-state index in [1.165, 1.54) is 0 Å². The van der Waals surface area contributed by atoms with Crippen LogP contribution in [0.15, 0.2) is 48.7 Å².